The molecule has 1 aromatic carbocycles. The van der Waals surface area contributed by atoms with E-state index in [9.17, 15) is 0 Å². The predicted molar refractivity (Wildman–Crippen MR) is 71.2 cm³/mol. The molecule has 0 N–H and O–H groups in total. The Hall–Kier alpha value is -1.28. The van der Waals surface area contributed by atoms with Crippen LogP contribution >= 0.6 is 11.6 Å². The number of nitrogens with zero attached hydrogens (tertiary/aromatic N) is 2. The highest BCUT2D eigenvalue weighted by Crippen LogP contribution is 2.25. The third-order valence-electron chi connectivity index (χ3n) is 2.82. The first-order valence-corrected chi connectivity index (χ1v) is 6.37. The van der Waals surface area contributed by atoms with Gasteiger partial charge in [0.1, 0.15) is 0 Å². The molecule has 2 nitrogen and oxygen atoms in total. The highest BCUT2D eigenvalue weighted by atomic mass is 35.5. The zero-order valence-corrected chi connectivity index (χ0v) is 10.8. The normalized spacial score (nSPS) is 12.6. The molecule has 1 aromatic heterocycles. The van der Waals surface area contributed by atoms with Crippen LogP contribution in [0.15, 0.2) is 42.6 Å². The van der Waals surface area contributed by atoms with Crippen molar-refractivity contribution in [3.05, 3.63) is 53.9 Å². The van der Waals surface area contributed by atoms with Crippen LogP contribution in [-0.2, 0) is 13.5 Å². The van der Waals surface area contributed by atoms with E-state index in [1.54, 1.807) is 0 Å². The fourth-order valence-corrected chi connectivity index (χ4v) is 2.19. The summed E-state index contributed by atoms with van der Waals surface area (Å²) in [5, 5.41) is 4.46. The maximum Gasteiger partial charge on any atom is 0.0624 e. The van der Waals surface area contributed by atoms with E-state index in [2.05, 4.69) is 23.3 Å². The van der Waals surface area contributed by atoms with Crippen molar-refractivity contribution < 1.29 is 0 Å². The second kappa shape index (κ2) is 5.87. The quantitative estimate of drug-likeness (QED) is 0.738. The van der Waals surface area contributed by atoms with E-state index in [0.717, 1.165) is 25.0 Å². The first-order valence-electron chi connectivity index (χ1n) is 5.93. The number of hydrogen-bond acceptors (Lipinski definition) is 1. The van der Waals surface area contributed by atoms with Crippen LogP contribution < -0.4 is 0 Å². The molecule has 3 heteroatoms. The molecule has 2 aromatic rings. The van der Waals surface area contributed by atoms with Gasteiger partial charge in [0, 0.05) is 13.2 Å². The Bertz CT molecular complexity index is 450. The van der Waals surface area contributed by atoms with Crippen molar-refractivity contribution in [2.75, 3.05) is 0 Å². The van der Waals surface area contributed by atoms with Crippen molar-refractivity contribution in [2.45, 2.75) is 24.6 Å². The number of hydrogen-bond donors (Lipinski definition) is 0. The minimum Gasteiger partial charge on any atom is -0.276 e. The van der Waals surface area contributed by atoms with Crippen LogP contribution in [0, 0.1) is 0 Å². The van der Waals surface area contributed by atoms with Gasteiger partial charge in [-0.3, -0.25) is 4.68 Å². The summed E-state index contributed by atoms with van der Waals surface area (Å²) in [5.41, 5.74) is 2.35. The maximum absolute atomic E-state index is 6.35. The van der Waals surface area contributed by atoms with Gasteiger partial charge in [-0.1, -0.05) is 30.3 Å². The average molecular weight is 249 g/mol. The van der Waals surface area contributed by atoms with Crippen LogP contribution in [-0.4, -0.2) is 9.78 Å². The molecule has 17 heavy (non-hydrogen) atoms. The van der Waals surface area contributed by atoms with Gasteiger partial charge in [-0.15, -0.1) is 11.6 Å². The fraction of sp³-hybridized carbons (Fsp3) is 0.357. The summed E-state index contributed by atoms with van der Waals surface area (Å²) in [4.78, 5) is 0. The number of rotatable bonds is 5. The standard InChI is InChI=1S/C14H17ClN2/c1-17-11-10-13(16-17)8-5-9-14(15)12-6-3-2-4-7-12/h2-4,6-7,10-11,14H,5,8-9H2,1H3. The summed E-state index contributed by atoms with van der Waals surface area (Å²) >= 11 is 6.35. The zero-order valence-electron chi connectivity index (χ0n) is 10.0. The Morgan fingerprint density at radius 3 is 2.65 bits per heavy atom. The second-order valence-corrected chi connectivity index (χ2v) is 4.78. The second-order valence-electron chi connectivity index (χ2n) is 4.25. The van der Waals surface area contributed by atoms with Crippen molar-refractivity contribution in [3.8, 4) is 0 Å². The Morgan fingerprint density at radius 2 is 2.00 bits per heavy atom. The largest absolute Gasteiger partial charge is 0.276 e. The molecular weight excluding hydrogens is 232 g/mol. The minimum absolute atomic E-state index is 0.111. The zero-order chi connectivity index (χ0) is 12.1. The van der Waals surface area contributed by atoms with Gasteiger partial charge < -0.3 is 0 Å². The minimum atomic E-state index is 0.111. The summed E-state index contributed by atoms with van der Waals surface area (Å²) in [6.07, 6.45) is 5.03. The van der Waals surface area contributed by atoms with Gasteiger partial charge in [0.2, 0.25) is 0 Å². The van der Waals surface area contributed by atoms with Gasteiger partial charge in [-0.25, -0.2) is 0 Å². The topological polar surface area (TPSA) is 17.8 Å². The lowest BCUT2D eigenvalue weighted by Crippen LogP contribution is -1.94. The monoisotopic (exact) mass is 248 g/mol. The number of halogens is 1. The average Bonchev–Trinajstić information content (AvgIpc) is 2.76. The maximum atomic E-state index is 6.35. The van der Waals surface area contributed by atoms with E-state index >= 15 is 0 Å². The molecule has 2 rings (SSSR count). The Labute approximate surface area is 107 Å². The highest BCUT2D eigenvalue weighted by molar-refractivity contribution is 6.20. The van der Waals surface area contributed by atoms with E-state index in [1.165, 1.54) is 5.56 Å². The van der Waals surface area contributed by atoms with Crippen molar-refractivity contribution in [1.82, 2.24) is 9.78 Å². The van der Waals surface area contributed by atoms with Crippen molar-refractivity contribution in [2.24, 2.45) is 7.05 Å². The molecule has 0 aliphatic rings. The lowest BCUT2D eigenvalue weighted by molar-refractivity contribution is 0.682. The molecule has 0 fully saturated rings. The third kappa shape index (κ3) is 3.60. The van der Waals surface area contributed by atoms with Gasteiger partial charge in [-0.05, 0) is 30.9 Å². The van der Waals surface area contributed by atoms with Gasteiger partial charge in [0.05, 0.1) is 11.1 Å². The van der Waals surface area contributed by atoms with E-state index in [1.807, 2.05) is 36.1 Å². The lowest BCUT2D eigenvalue weighted by Gasteiger charge is -2.08. The van der Waals surface area contributed by atoms with E-state index in [0.29, 0.717) is 0 Å². The molecule has 0 bridgehead atoms. The predicted octanol–water partition coefficient (Wildman–Crippen LogP) is 3.72. The van der Waals surface area contributed by atoms with Crippen molar-refractivity contribution in [1.29, 1.82) is 0 Å². The van der Waals surface area contributed by atoms with Crippen molar-refractivity contribution >= 4 is 11.6 Å². The Morgan fingerprint density at radius 1 is 1.24 bits per heavy atom. The van der Waals surface area contributed by atoms with Crippen molar-refractivity contribution in [3.63, 3.8) is 0 Å². The van der Waals surface area contributed by atoms with Crippen LogP contribution in [0.5, 0.6) is 0 Å². The number of alkyl halides is 1. The summed E-state index contributed by atoms with van der Waals surface area (Å²) < 4.78 is 1.84. The number of aryl methyl sites for hydroxylation is 2. The molecular formula is C14H17ClN2. The first-order chi connectivity index (χ1) is 8.25. The van der Waals surface area contributed by atoms with Crippen LogP contribution in [0.2, 0.25) is 0 Å². The summed E-state index contributed by atoms with van der Waals surface area (Å²) in [6, 6.07) is 12.3. The van der Waals surface area contributed by atoms with Crippen LogP contribution in [0.4, 0.5) is 0 Å². The molecule has 0 saturated heterocycles. The summed E-state index contributed by atoms with van der Waals surface area (Å²) in [5.74, 6) is 0. The third-order valence-corrected chi connectivity index (χ3v) is 3.29. The molecule has 0 radical (unpaired) electrons. The van der Waals surface area contributed by atoms with E-state index in [4.69, 9.17) is 11.6 Å². The Kier molecular flexibility index (Phi) is 4.21. The summed E-state index contributed by atoms with van der Waals surface area (Å²) in [6.45, 7) is 0. The van der Waals surface area contributed by atoms with Crippen LogP contribution in [0.3, 0.4) is 0 Å². The van der Waals surface area contributed by atoms with E-state index in [-0.39, 0.29) is 5.38 Å². The van der Waals surface area contributed by atoms with E-state index < -0.39 is 0 Å². The SMILES string of the molecule is Cn1ccc(CCCC(Cl)c2ccccc2)n1. The van der Waals surface area contributed by atoms with Gasteiger partial charge >= 0.3 is 0 Å². The molecule has 0 aliphatic carbocycles. The molecule has 0 saturated carbocycles. The number of benzene rings is 1. The number of aromatic nitrogens is 2. The highest BCUT2D eigenvalue weighted by Gasteiger charge is 2.07. The molecule has 1 unspecified atom stereocenters. The molecule has 0 spiro atoms. The first kappa shape index (κ1) is 12.2. The van der Waals surface area contributed by atoms with Gasteiger partial charge in [0.15, 0.2) is 0 Å². The van der Waals surface area contributed by atoms with Crippen LogP contribution in [0.1, 0.15) is 29.5 Å². The Balaban J connectivity index is 1.79. The van der Waals surface area contributed by atoms with Gasteiger partial charge in [-0.2, -0.15) is 5.10 Å². The molecule has 1 heterocycles. The summed E-state index contributed by atoms with van der Waals surface area (Å²) in [7, 11) is 1.94. The fourth-order valence-electron chi connectivity index (χ4n) is 1.89. The molecule has 0 amide bonds. The molecule has 90 valence electrons. The van der Waals surface area contributed by atoms with Gasteiger partial charge in [0.25, 0.3) is 0 Å². The smallest absolute Gasteiger partial charge is 0.0624 e. The molecule has 0 aliphatic heterocycles. The van der Waals surface area contributed by atoms with Crippen LogP contribution in [0.25, 0.3) is 0 Å². The molecule has 1 atom stereocenters. The lowest BCUT2D eigenvalue weighted by atomic mass is 10.1.